The average molecular weight is 283 g/mol. The van der Waals surface area contributed by atoms with Crippen molar-refractivity contribution in [2.45, 2.75) is 25.9 Å². The summed E-state index contributed by atoms with van der Waals surface area (Å²) >= 11 is 2.77. The molecule has 0 saturated carbocycles. The summed E-state index contributed by atoms with van der Waals surface area (Å²) in [7, 11) is 0. The van der Waals surface area contributed by atoms with E-state index in [0.29, 0.717) is 10.3 Å². The molecule has 2 aromatic heterocycles. The second kappa shape index (κ2) is 5.49. The molecule has 2 N–H and O–H groups in total. The normalized spacial score (nSPS) is 10.6. The van der Waals surface area contributed by atoms with Crippen molar-refractivity contribution in [2.24, 2.45) is 0 Å². The Morgan fingerprint density at radius 1 is 1.39 bits per heavy atom. The van der Waals surface area contributed by atoms with Crippen LogP contribution in [-0.4, -0.2) is 31.8 Å². The minimum absolute atomic E-state index is 0.101. The zero-order chi connectivity index (χ0) is 13.1. The minimum atomic E-state index is -0.101. The number of H-pyrrole nitrogens is 1. The third-order valence-electron chi connectivity index (χ3n) is 2.18. The molecular formula is C10H13N5OS2. The van der Waals surface area contributed by atoms with Gasteiger partial charge in [-0.1, -0.05) is 11.8 Å². The van der Waals surface area contributed by atoms with Crippen LogP contribution in [-0.2, 0) is 4.79 Å². The van der Waals surface area contributed by atoms with Gasteiger partial charge in [0.2, 0.25) is 11.1 Å². The number of thioether (sulfide) groups is 1. The van der Waals surface area contributed by atoms with Crippen LogP contribution in [0.2, 0.25) is 0 Å². The van der Waals surface area contributed by atoms with Crippen LogP contribution in [0.25, 0.3) is 0 Å². The van der Waals surface area contributed by atoms with Gasteiger partial charge in [-0.2, -0.15) is 0 Å². The number of rotatable bonds is 4. The van der Waals surface area contributed by atoms with Crippen LogP contribution < -0.4 is 5.32 Å². The van der Waals surface area contributed by atoms with Crippen molar-refractivity contribution >= 4 is 34.1 Å². The smallest absolute Gasteiger partial charge is 0.236 e. The first kappa shape index (κ1) is 13.0. The molecule has 0 aliphatic heterocycles. The molecule has 0 bridgehead atoms. The molecule has 6 nitrogen and oxygen atoms in total. The van der Waals surface area contributed by atoms with Gasteiger partial charge in [0, 0.05) is 4.88 Å². The molecule has 2 aromatic rings. The first-order valence-corrected chi connectivity index (χ1v) is 7.10. The summed E-state index contributed by atoms with van der Waals surface area (Å²) in [6, 6.07) is 0. The number of hydrogen-bond acceptors (Lipinski definition) is 6. The van der Waals surface area contributed by atoms with Crippen LogP contribution in [0.4, 0.5) is 5.13 Å². The van der Waals surface area contributed by atoms with Gasteiger partial charge in [-0.25, -0.2) is 9.97 Å². The van der Waals surface area contributed by atoms with Crippen molar-refractivity contribution in [1.82, 2.24) is 20.2 Å². The van der Waals surface area contributed by atoms with Gasteiger partial charge >= 0.3 is 0 Å². The number of nitrogens with zero attached hydrogens (tertiary/aromatic N) is 3. The number of thiazole rings is 1. The van der Waals surface area contributed by atoms with E-state index in [9.17, 15) is 4.79 Å². The zero-order valence-electron chi connectivity index (χ0n) is 10.3. The Labute approximate surface area is 113 Å². The molecule has 0 spiro atoms. The number of anilines is 1. The molecule has 2 rings (SSSR count). The number of carbonyl (C=O) groups excluding carboxylic acids is 1. The van der Waals surface area contributed by atoms with E-state index in [2.05, 4.69) is 25.5 Å². The molecule has 96 valence electrons. The van der Waals surface area contributed by atoms with E-state index in [1.165, 1.54) is 23.1 Å². The maximum Gasteiger partial charge on any atom is 0.236 e. The number of carbonyl (C=O) groups is 1. The lowest BCUT2D eigenvalue weighted by Gasteiger charge is -1.98. The summed E-state index contributed by atoms with van der Waals surface area (Å²) in [6.07, 6.45) is 0. The SMILES string of the molecule is Cc1nc(SCC(=O)Nc2nc(C)c(C)s2)n[nH]1. The Kier molecular flexibility index (Phi) is 3.97. The highest BCUT2D eigenvalue weighted by atomic mass is 32.2. The highest BCUT2D eigenvalue weighted by Gasteiger charge is 2.09. The van der Waals surface area contributed by atoms with Gasteiger partial charge in [0.25, 0.3) is 0 Å². The fourth-order valence-corrected chi connectivity index (χ4v) is 2.67. The van der Waals surface area contributed by atoms with Crippen LogP contribution in [0, 0.1) is 20.8 Å². The van der Waals surface area contributed by atoms with Crippen molar-refractivity contribution in [3.63, 3.8) is 0 Å². The Morgan fingerprint density at radius 2 is 2.17 bits per heavy atom. The summed E-state index contributed by atoms with van der Waals surface area (Å²) in [4.78, 5) is 21.2. The Bertz CT molecular complexity index is 543. The lowest BCUT2D eigenvalue weighted by Crippen LogP contribution is -2.13. The highest BCUT2D eigenvalue weighted by Crippen LogP contribution is 2.21. The molecule has 0 aliphatic rings. The number of nitrogens with one attached hydrogen (secondary N) is 2. The minimum Gasteiger partial charge on any atom is -0.301 e. The Morgan fingerprint density at radius 3 is 2.72 bits per heavy atom. The van der Waals surface area contributed by atoms with Crippen molar-refractivity contribution in [2.75, 3.05) is 11.1 Å². The highest BCUT2D eigenvalue weighted by molar-refractivity contribution is 7.99. The molecule has 18 heavy (non-hydrogen) atoms. The largest absolute Gasteiger partial charge is 0.301 e. The van der Waals surface area contributed by atoms with E-state index < -0.39 is 0 Å². The third-order valence-corrected chi connectivity index (χ3v) is 4.02. The molecule has 0 aromatic carbocycles. The number of aromatic nitrogens is 4. The lowest BCUT2D eigenvalue weighted by atomic mass is 10.4. The number of aryl methyl sites for hydroxylation is 3. The van der Waals surface area contributed by atoms with Crippen LogP contribution in [0.1, 0.15) is 16.4 Å². The summed E-state index contributed by atoms with van der Waals surface area (Å²) < 4.78 is 0. The number of aromatic amines is 1. The second-order valence-corrected chi connectivity index (χ2v) is 5.85. The van der Waals surface area contributed by atoms with Crippen molar-refractivity contribution < 1.29 is 4.79 Å². The predicted octanol–water partition coefficient (Wildman–Crippen LogP) is 1.92. The molecule has 0 fully saturated rings. The summed E-state index contributed by atoms with van der Waals surface area (Å²) in [6.45, 7) is 5.72. The van der Waals surface area contributed by atoms with Gasteiger partial charge in [-0.3, -0.25) is 9.89 Å². The predicted molar refractivity (Wildman–Crippen MR) is 72.1 cm³/mol. The van der Waals surface area contributed by atoms with E-state index in [1.807, 2.05) is 20.8 Å². The van der Waals surface area contributed by atoms with E-state index >= 15 is 0 Å². The standard InChI is InChI=1S/C10H13N5OS2/c1-5-6(2)18-9(11-5)13-8(16)4-17-10-12-7(3)14-15-10/h4H2,1-3H3,(H,11,13,16)(H,12,14,15). The maximum atomic E-state index is 11.7. The van der Waals surface area contributed by atoms with Gasteiger partial charge in [-0.05, 0) is 20.8 Å². The summed E-state index contributed by atoms with van der Waals surface area (Å²) in [5, 5.41) is 10.7. The quantitative estimate of drug-likeness (QED) is 0.837. The van der Waals surface area contributed by atoms with E-state index in [-0.39, 0.29) is 11.7 Å². The summed E-state index contributed by atoms with van der Waals surface area (Å²) in [5.74, 6) is 0.912. The lowest BCUT2D eigenvalue weighted by molar-refractivity contribution is -0.113. The molecule has 1 amide bonds. The molecule has 0 radical (unpaired) electrons. The maximum absolute atomic E-state index is 11.7. The fourth-order valence-electron chi connectivity index (χ4n) is 1.20. The molecule has 8 heteroatoms. The second-order valence-electron chi connectivity index (χ2n) is 3.70. The number of amides is 1. The monoisotopic (exact) mass is 283 g/mol. The molecule has 0 aliphatic carbocycles. The van der Waals surface area contributed by atoms with Crippen LogP contribution in [0.3, 0.4) is 0 Å². The topological polar surface area (TPSA) is 83.6 Å². The first-order chi connectivity index (χ1) is 8.54. The Balaban J connectivity index is 1.85. The van der Waals surface area contributed by atoms with Crippen LogP contribution in [0.5, 0.6) is 0 Å². The molecule has 2 heterocycles. The summed E-state index contributed by atoms with van der Waals surface area (Å²) in [5.41, 5.74) is 0.951. The fraction of sp³-hybridized carbons (Fsp3) is 0.400. The van der Waals surface area contributed by atoms with Crippen molar-refractivity contribution in [1.29, 1.82) is 0 Å². The molecule has 0 unspecified atom stereocenters. The van der Waals surface area contributed by atoms with E-state index in [1.54, 1.807) is 0 Å². The van der Waals surface area contributed by atoms with Gasteiger partial charge < -0.3 is 5.32 Å². The van der Waals surface area contributed by atoms with Gasteiger partial charge in [-0.15, -0.1) is 16.4 Å². The van der Waals surface area contributed by atoms with E-state index in [0.717, 1.165) is 16.4 Å². The average Bonchev–Trinajstić information content (AvgIpc) is 2.84. The van der Waals surface area contributed by atoms with Gasteiger partial charge in [0.05, 0.1) is 11.4 Å². The Hall–Kier alpha value is -1.41. The zero-order valence-corrected chi connectivity index (χ0v) is 11.9. The number of hydrogen-bond donors (Lipinski definition) is 2. The molecule has 0 atom stereocenters. The third kappa shape index (κ3) is 3.30. The van der Waals surface area contributed by atoms with Gasteiger partial charge in [0.15, 0.2) is 5.13 Å². The van der Waals surface area contributed by atoms with E-state index in [4.69, 9.17) is 0 Å². The first-order valence-electron chi connectivity index (χ1n) is 5.30. The molecular weight excluding hydrogens is 270 g/mol. The van der Waals surface area contributed by atoms with Crippen molar-refractivity contribution in [3.8, 4) is 0 Å². The van der Waals surface area contributed by atoms with Crippen LogP contribution in [0.15, 0.2) is 5.16 Å². The van der Waals surface area contributed by atoms with Crippen molar-refractivity contribution in [3.05, 3.63) is 16.4 Å². The van der Waals surface area contributed by atoms with Gasteiger partial charge in [0.1, 0.15) is 5.82 Å². The molecule has 0 saturated heterocycles. The van der Waals surface area contributed by atoms with Crippen LogP contribution >= 0.6 is 23.1 Å².